The fraction of sp³-hybridized carbons (Fsp3) is 0.900. The number of carbonyl (C=O) groups excluding carboxylic acids is 1. The lowest BCUT2D eigenvalue weighted by atomic mass is 10.2. The fourth-order valence-corrected chi connectivity index (χ4v) is 1.56. The van der Waals surface area contributed by atoms with Crippen LogP contribution in [0.1, 0.15) is 39.0 Å². The predicted octanol–water partition coefficient (Wildman–Crippen LogP) is 1.16. The van der Waals surface area contributed by atoms with Gasteiger partial charge in [-0.3, -0.25) is 4.79 Å². The van der Waals surface area contributed by atoms with Gasteiger partial charge < -0.3 is 10.0 Å². The molecule has 1 aliphatic rings. The SMILES string of the molecule is CCN(C(=O)CCCCO)C1CC1. The van der Waals surface area contributed by atoms with Crippen molar-refractivity contribution in [2.75, 3.05) is 13.2 Å². The van der Waals surface area contributed by atoms with Crippen LogP contribution in [0, 0.1) is 0 Å². The summed E-state index contributed by atoms with van der Waals surface area (Å²) in [6.07, 6.45) is 4.52. The van der Waals surface area contributed by atoms with Crippen LogP contribution in [0.2, 0.25) is 0 Å². The molecule has 0 spiro atoms. The van der Waals surface area contributed by atoms with Crippen LogP contribution in [0.25, 0.3) is 0 Å². The Balaban J connectivity index is 2.19. The number of hydrogen-bond acceptors (Lipinski definition) is 2. The van der Waals surface area contributed by atoms with Crippen LogP contribution in [-0.4, -0.2) is 35.1 Å². The zero-order valence-electron chi connectivity index (χ0n) is 8.33. The first-order chi connectivity index (χ1) is 6.29. The molecule has 13 heavy (non-hydrogen) atoms. The van der Waals surface area contributed by atoms with Crippen molar-refractivity contribution in [2.24, 2.45) is 0 Å². The topological polar surface area (TPSA) is 40.5 Å². The third-order valence-electron chi connectivity index (χ3n) is 2.45. The molecule has 0 bridgehead atoms. The molecule has 3 nitrogen and oxygen atoms in total. The van der Waals surface area contributed by atoms with Crippen LogP contribution in [0.15, 0.2) is 0 Å². The van der Waals surface area contributed by atoms with Crippen LogP contribution >= 0.6 is 0 Å². The van der Waals surface area contributed by atoms with Gasteiger partial charge >= 0.3 is 0 Å². The Labute approximate surface area is 79.7 Å². The van der Waals surface area contributed by atoms with Crippen molar-refractivity contribution in [3.8, 4) is 0 Å². The average Bonchev–Trinajstić information content (AvgIpc) is 2.90. The van der Waals surface area contributed by atoms with Gasteiger partial charge in [-0.1, -0.05) is 0 Å². The maximum atomic E-state index is 11.6. The second-order valence-corrected chi connectivity index (χ2v) is 3.59. The Morgan fingerprint density at radius 2 is 2.15 bits per heavy atom. The minimum atomic E-state index is 0.197. The molecule has 3 heteroatoms. The summed E-state index contributed by atoms with van der Waals surface area (Å²) in [5.41, 5.74) is 0. The molecule has 1 rings (SSSR count). The van der Waals surface area contributed by atoms with Gasteiger partial charge in [0.05, 0.1) is 0 Å². The van der Waals surface area contributed by atoms with Crippen molar-refractivity contribution in [3.63, 3.8) is 0 Å². The average molecular weight is 185 g/mol. The van der Waals surface area contributed by atoms with Crippen molar-refractivity contribution in [1.29, 1.82) is 0 Å². The maximum Gasteiger partial charge on any atom is 0.222 e. The summed E-state index contributed by atoms with van der Waals surface area (Å²) in [6.45, 7) is 3.06. The van der Waals surface area contributed by atoms with E-state index in [1.165, 1.54) is 12.8 Å². The Morgan fingerprint density at radius 3 is 2.62 bits per heavy atom. The lowest BCUT2D eigenvalue weighted by molar-refractivity contribution is -0.131. The highest BCUT2D eigenvalue weighted by molar-refractivity contribution is 5.76. The molecule has 0 aromatic heterocycles. The number of aliphatic hydroxyl groups excluding tert-OH is 1. The minimum Gasteiger partial charge on any atom is -0.396 e. The highest BCUT2D eigenvalue weighted by Gasteiger charge is 2.30. The monoisotopic (exact) mass is 185 g/mol. The van der Waals surface area contributed by atoms with Crippen molar-refractivity contribution in [1.82, 2.24) is 4.90 Å². The van der Waals surface area contributed by atoms with Gasteiger partial charge in [-0.05, 0) is 32.6 Å². The summed E-state index contributed by atoms with van der Waals surface area (Å²) < 4.78 is 0. The second-order valence-electron chi connectivity index (χ2n) is 3.59. The molecule has 0 atom stereocenters. The summed E-state index contributed by atoms with van der Waals surface area (Å²) >= 11 is 0. The zero-order valence-corrected chi connectivity index (χ0v) is 8.33. The van der Waals surface area contributed by atoms with Gasteiger partial charge in [0, 0.05) is 25.6 Å². The van der Waals surface area contributed by atoms with E-state index in [1.54, 1.807) is 0 Å². The van der Waals surface area contributed by atoms with E-state index in [2.05, 4.69) is 0 Å². The van der Waals surface area contributed by atoms with Gasteiger partial charge in [-0.25, -0.2) is 0 Å². The van der Waals surface area contributed by atoms with E-state index in [0.717, 1.165) is 19.4 Å². The molecule has 0 aromatic rings. The summed E-state index contributed by atoms with van der Waals surface area (Å²) in [5, 5.41) is 8.57. The molecule has 1 amide bonds. The van der Waals surface area contributed by atoms with E-state index in [-0.39, 0.29) is 12.5 Å². The molecule has 0 aliphatic heterocycles. The highest BCUT2D eigenvalue weighted by atomic mass is 16.3. The van der Waals surface area contributed by atoms with Gasteiger partial charge in [0.15, 0.2) is 0 Å². The molecule has 76 valence electrons. The molecule has 1 saturated carbocycles. The number of hydrogen-bond donors (Lipinski definition) is 1. The van der Waals surface area contributed by atoms with Crippen molar-refractivity contribution in [2.45, 2.75) is 45.1 Å². The molecule has 1 aliphatic carbocycles. The smallest absolute Gasteiger partial charge is 0.222 e. The van der Waals surface area contributed by atoms with Gasteiger partial charge in [-0.2, -0.15) is 0 Å². The summed E-state index contributed by atoms with van der Waals surface area (Å²) in [5.74, 6) is 0.262. The van der Waals surface area contributed by atoms with Crippen molar-refractivity contribution < 1.29 is 9.90 Å². The summed E-state index contributed by atoms with van der Waals surface area (Å²) in [4.78, 5) is 13.5. The Bertz CT molecular complexity index is 166. The number of aliphatic hydroxyl groups is 1. The Morgan fingerprint density at radius 1 is 1.46 bits per heavy atom. The Kier molecular flexibility index (Phi) is 4.22. The molecule has 0 radical (unpaired) electrons. The van der Waals surface area contributed by atoms with Crippen molar-refractivity contribution >= 4 is 5.91 Å². The van der Waals surface area contributed by atoms with E-state index in [9.17, 15) is 4.79 Å². The lowest BCUT2D eigenvalue weighted by Gasteiger charge is -2.20. The predicted molar refractivity (Wildman–Crippen MR) is 51.3 cm³/mol. The molecule has 0 aromatic carbocycles. The van der Waals surface area contributed by atoms with Crippen LogP contribution < -0.4 is 0 Å². The number of nitrogens with zero attached hydrogens (tertiary/aromatic N) is 1. The van der Waals surface area contributed by atoms with E-state index in [1.807, 2.05) is 11.8 Å². The first kappa shape index (κ1) is 10.5. The largest absolute Gasteiger partial charge is 0.396 e. The highest BCUT2D eigenvalue weighted by Crippen LogP contribution is 2.27. The quantitative estimate of drug-likeness (QED) is 0.631. The van der Waals surface area contributed by atoms with Crippen LogP contribution in [0.3, 0.4) is 0 Å². The molecule has 1 N–H and O–H groups in total. The molecule has 1 fully saturated rings. The van der Waals surface area contributed by atoms with E-state index >= 15 is 0 Å². The first-order valence-corrected chi connectivity index (χ1v) is 5.20. The zero-order chi connectivity index (χ0) is 9.68. The first-order valence-electron chi connectivity index (χ1n) is 5.20. The Hall–Kier alpha value is -0.570. The third kappa shape index (κ3) is 3.35. The van der Waals surface area contributed by atoms with Gasteiger partial charge in [-0.15, -0.1) is 0 Å². The number of amides is 1. The summed E-state index contributed by atoms with van der Waals surface area (Å²) in [7, 11) is 0. The van der Waals surface area contributed by atoms with E-state index in [4.69, 9.17) is 5.11 Å². The standard InChI is InChI=1S/C10H19NO2/c1-2-11(9-6-7-9)10(13)5-3-4-8-12/h9,12H,2-8H2,1H3. The molecular formula is C10H19NO2. The van der Waals surface area contributed by atoms with Gasteiger partial charge in [0.25, 0.3) is 0 Å². The van der Waals surface area contributed by atoms with Crippen LogP contribution in [-0.2, 0) is 4.79 Å². The number of carbonyl (C=O) groups is 1. The number of unbranched alkanes of at least 4 members (excludes halogenated alkanes) is 1. The summed E-state index contributed by atoms with van der Waals surface area (Å²) in [6, 6.07) is 0.534. The molecule has 0 saturated heterocycles. The molecule has 0 heterocycles. The third-order valence-corrected chi connectivity index (χ3v) is 2.45. The van der Waals surface area contributed by atoms with Crippen LogP contribution in [0.5, 0.6) is 0 Å². The molecule has 0 unspecified atom stereocenters. The second kappa shape index (κ2) is 5.22. The van der Waals surface area contributed by atoms with Gasteiger partial charge in [0.1, 0.15) is 0 Å². The van der Waals surface area contributed by atoms with E-state index < -0.39 is 0 Å². The lowest BCUT2D eigenvalue weighted by Crippen LogP contribution is -2.32. The molecular weight excluding hydrogens is 166 g/mol. The maximum absolute atomic E-state index is 11.6. The normalized spacial score (nSPS) is 15.8. The fourth-order valence-electron chi connectivity index (χ4n) is 1.56. The van der Waals surface area contributed by atoms with Crippen LogP contribution in [0.4, 0.5) is 0 Å². The van der Waals surface area contributed by atoms with E-state index in [0.29, 0.717) is 12.5 Å². The van der Waals surface area contributed by atoms with Crippen molar-refractivity contribution in [3.05, 3.63) is 0 Å². The number of rotatable bonds is 6. The van der Waals surface area contributed by atoms with Gasteiger partial charge in [0.2, 0.25) is 5.91 Å². The minimum absolute atomic E-state index is 0.197.